The van der Waals surface area contributed by atoms with Crippen LogP contribution in [0.15, 0.2) is 28.9 Å². The molecule has 0 aliphatic carbocycles. The molecule has 1 saturated heterocycles. The zero-order chi connectivity index (χ0) is 15.4. The highest BCUT2D eigenvalue weighted by Crippen LogP contribution is 2.14. The highest BCUT2D eigenvalue weighted by Gasteiger charge is 2.22. The predicted octanol–water partition coefficient (Wildman–Crippen LogP) is 0.894. The molecule has 3 rings (SSSR count). The Morgan fingerprint density at radius 2 is 2.27 bits per heavy atom. The first kappa shape index (κ1) is 15.1. The zero-order valence-corrected chi connectivity index (χ0v) is 13.0. The van der Waals surface area contributed by atoms with Gasteiger partial charge in [-0.15, -0.1) is 0 Å². The molecule has 2 aromatic heterocycles. The van der Waals surface area contributed by atoms with Gasteiger partial charge in [0.15, 0.2) is 0 Å². The topological polar surface area (TPSA) is 67.5 Å². The van der Waals surface area contributed by atoms with Crippen molar-refractivity contribution in [1.82, 2.24) is 24.9 Å². The minimum Gasteiger partial charge on any atom is -0.374 e. The van der Waals surface area contributed by atoms with E-state index in [-0.39, 0.29) is 6.10 Å². The lowest BCUT2D eigenvalue weighted by atomic mass is 10.2. The SMILES string of the molecule is CN(C)C[C@@H]1CN(Cc2nc(-c3ccccn3)no2)CCO1. The van der Waals surface area contributed by atoms with Crippen molar-refractivity contribution < 1.29 is 9.26 Å². The van der Waals surface area contributed by atoms with Gasteiger partial charge in [0.2, 0.25) is 11.7 Å². The number of likely N-dealkylation sites (N-methyl/N-ethyl adjacent to an activating group) is 1. The third kappa shape index (κ3) is 3.88. The second-order valence-electron chi connectivity index (χ2n) is 5.72. The molecule has 1 fully saturated rings. The Kier molecular flexibility index (Phi) is 4.77. The standard InChI is InChI=1S/C15H21N5O2/c1-19(2)9-12-10-20(7-8-21-12)11-14-17-15(18-22-14)13-5-3-4-6-16-13/h3-6,12H,7-11H2,1-2H3/t12-/m1/s1. The zero-order valence-electron chi connectivity index (χ0n) is 13.0. The van der Waals surface area contributed by atoms with Crippen molar-refractivity contribution >= 4 is 0 Å². The van der Waals surface area contributed by atoms with E-state index in [0.29, 0.717) is 18.3 Å². The summed E-state index contributed by atoms with van der Waals surface area (Å²) in [6.45, 7) is 4.05. The summed E-state index contributed by atoms with van der Waals surface area (Å²) in [5.41, 5.74) is 0.727. The van der Waals surface area contributed by atoms with Gasteiger partial charge in [-0.05, 0) is 26.2 Å². The molecule has 2 aromatic rings. The lowest BCUT2D eigenvalue weighted by molar-refractivity contribution is -0.0430. The molecule has 0 aromatic carbocycles. The summed E-state index contributed by atoms with van der Waals surface area (Å²) in [4.78, 5) is 13.1. The van der Waals surface area contributed by atoms with E-state index < -0.39 is 0 Å². The third-order valence-electron chi connectivity index (χ3n) is 3.51. The molecular weight excluding hydrogens is 282 g/mol. The predicted molar refractivity (Wildman–Crippen MR) is 81.1 cm³/mol. The Hall–Kier alpha value is -1.83. The summed E-state index contributed by atoms with van der Waals surface area (Å²) in [7, 11) is 4.11. The largest absolute Gasteiger partial charge is 0.374 e. The van der Waals surface area contributed by atoms with Crippen molar-refractivity contribution in [3.8, 4) is 11.5 Å². The van der Waals surface area contributed by atoms with Gasteiger partial charge in [-0.1, -0.05) is 11.2 Å². The first-order valence-electron chi connectivity index (χ1n) is 7.43. The number of ether oxygens (including phenoxy) is 1. The smallest absolute Gasteiger partial charge is 0.241 e. The van der Waals surface area contributed by atoms with Crippen molar-refractivity contribution in [2.45, 2.75) is 12.6 Å². The minimum absolute atomic E-state index is 0.224. The van der Waals surface area contributed by atoms with Gasteiger partial charge in [-0.2, -0.15) is 4.98 Å². The van der Waals surface area contributed by atoms with Gasteiger partial charge in [0.25, 0.3) is 0 Å². The number of nitrogens with zero attached hydrogens (tertiary/aromatic N) is 5. The summed E-state index contributed by atoms with van der Waals surface area (Å²) >= 11 is 0. The molecule has 0 spiro atoms. The van der Waals surface area contributed by atoms with Crippen LogP contribution in [-0.4, -0.2) is 71.4 Å². The van der Waals surface area contributed by atoms with E-state index in [1.807, 2.05) is 18.2 Å². The molecular formula is C15H21N5O2. The molecule has 118 valence electrons. The van der Waals surface area contributed by atoms with Crippen molar-refractivity contribution in [2.24, 2.45) is 0 Å². The summed E-state index contributed by atoms with van der Waals surface area (Å²) in [5, 5.41) is 4.00. The Labute approximate surface area is 129 Å². The molecule has 22 heavy (non-hydrogen) atoms. The summed E-state index contributed by atoms with van der Waals surface area (Å²) in [6, 6.07) is 5.64. The fraction of sp³-hybridized carbons (Fsp3) is 0.533. The molecule has 1 atom stereocenters. The molecule has 1 aliphatic rings. The fourth-order valence-electron chi connectivity index (χ4n) is 2.55. The van der Waals surface area contributed by atoms with E-state index in [1.165, 1.54) is 0 Å². The van der Waals surface area contributed by atoms with Gasteiger partial charge in [0.05, 0.1) is 19.3 Å². The van der Waals surface area contributed by atoms with E-state index >= 15 is 0 Å². The van der Waals surface area contributed by atoms with Crippen LogP contribution < -0.4 is 0 Å². The average molecular weight is 303 g/mol. The van der Waals surface area contributed by atoms with Crippen LogP contribution in [0, 0.1) is 0 Å². The molecule has 0 unspecified atom stereocenters. The molecule has 0 N–H and O–H groups in total. The first-order chi connectivity index (χ1) is 10.7. The molecule has 0 amide bonds. The fourth-order valence-corrected chi connectivity index (χ4v) is 2.55. The molecule has 1 aliphatic heterocycles. The number of hydrogen-bond acceptors (Lipinski definition) is 7. The lowest BCUT2D eigenvalue weighted by Gasteiger charge is -2.33. The van der Waals surface area contributed by atoms with Crippen molar-refractivity contribution in [1.29, 1.82) is 0 Å². The van der Waals surface area contributed by atoms with Gasteiger partial charge in [-0.25, -0.2) is 0 Å². The van der Waals surface area contributed by atoms with Crippen LogP contribution in [-0.2, 0) is 11.3 Å². The Morgan fingerprint density at radius 1 is 1.36 bits per heavy atom. The summed E-state index contributed by atoms with van der Waals surface area (Å²) < 4.78 is 11.1. The van der Waals surface area contributed by atoms with Crippen LogP contribution in [0.4, 0.5) is 0 Å². The molecule has 0 radical (unpaired) electrons. The van der Waals surface area contributed by atoms with Gasteiger partial charge < -0.3 is 14.2 Å². The Balaban J connectivity index is 1.60. The highest BCUT2D eigenvalue weighted by atomic mass is 16.5. The van der Waals surface area contributed by atoms with Gasteiger partial charge >= 0.3 is 0 Å². The van der Waals surface area contributed by atoms with Crippen LogP contribution in [0.3, 0.4) is 0 Å². The maximum Gasteiger partial charge on any atom is 0.241 e. The van der Waals surface area contributed by atoms with E-state index in [1.54, 1.807) is 6.20 Å². The van der Waals surface area contributed by atoms with Crippen LogP contribution in [0.2, 0.25) is 0 Å². The number of aromatic nitrogens is 3. The van der Waals surface area contributed by atoms with Crippen LogP contribution in [0.5, 0.6) is 0 Å². The number of pyridine rings is 1. The van der Waals surface area contributed by atoms with Gasteiger partial charge in [-0.3, -0.25) is 9.88 Å². The van der Waals surface area contributed by atoms with E-state index in [2.05, 4.69) is 39.0 Å². The van der Waals surface area contributed by atoms with Gasteiger partial charge in [0, 0.05) is 25.8 Å². The molecule has 7 heteroatoms. The molecule has 3 heterocycles. The van der Waals surface area contributed by atoms with Crippen LogP contribution >= 0.6 is 0 Å². The van der Waals surface area contributed by atoms with E-state index in [4.69, 9.17) is 9.26 Å². The minimum atomic E-state index is 0.224. The maximum atomic E-state index is 5.77. The second-order valence-corrected chi connectivity index (χ2v) is 5.72. The number of morpholine rings is 1. The normalized spacial score (nSPS) is 19.7. The third-order valence-corrected chi connectivity index (χ3v) is 3.51. The van der Waals surface area contributed by atoms with E-state index in [0.717, 1.165) is 31.9 Å². The Bertz CT molecular complexity index is 587. The summed E-state index contributed by atoms with van der Waals surface area (Å²) in [5.74, 6) is 1.15. The van der Waals surface area contributed by atoms with Gasteiger partial charge in [0.1, 0.15) is 5.69 Å². The second kappa shape index (κ2) is 6.95. The van der Waals surface area contributed by atoms with Crippen LogP contribution in [0.25, 0.3) is 11.5 Å². The quantitative estimate of drug-likeness (QED) is 0.812. The molecule has 0 saturated carbocycles. The van der Waals surface area contributed by atoms with E-state index in [9.17, 15) is 0 Å². The molecule has 7 nitrogen and oxygen atoms in total. The van der Waals surface area contributed by atoms with Crippen molar-refractivity contribution in [2.75, 3.05) is 40.3 Å². The Morgan fingerprint density at radius 3 is 3.05 bits per heavy atom. The summed E-state index contributed by atoms with van der Waals surface area (Å²) in [6.07, 6.45) is 1.95. The van der Waals surface area contributed by atoms with Crippen molar-refractivity contribution in [3.63, 3.8) is 0 Å². The average Bonchev–Trinajstić information content (AvgIpc) is 2.96. The lowest BCUT2D eigenvalue weighted by Crippen LogP contribution is -2.46. The number of rotatable bonds is 5. The maximum absolute atomic E-state index is 5.77. The number of hydrogen-bond donors (Lipinski definition) is 0. The highest BCUT2D eigenvalue weighted by molar-refractivity contribution is 5.46. The van der Waals surface area contributed by atoms with Crippen molar-refractivity contribution in [3.05, 3.63) is 30.3 Å². The van der Waals surface area contributed by atoms with Crippen LogP contribution in [0.1, 0.15) is 5.89 Å². The monoisotopic (exact) mass is 303 g/mol. The first-order valence-corrected chi connectivity index (χ1v) is 7.43. The molecule has 0 bridgehead atoms.